The minimum Gasteiger partial charge on any atom is -0.294 e. The van der Waals surface area contributed by atoms with Gasteiger partial charge in [-0.15, -0.1) is 0 Å². The summed E-state index contributed by atoms with van der Waals surface area (Å²) in [6.45, 7) is 6.22. The first-order valence-corrected chi connectivity index (χ1v) is 10.3. The molecule has 0 N–H and O–H groups in total. The average Bonchev–Trinajstić information content (AvgIpc) is 2.61. The largest absolute Gasteiger partial charge is 0.294 e. The van der Waals surface area contributed by atoms with Crippen LogP contribution in [0.3, 0.4) is 0 Å². The molecule has 0 radical (unpaired) electrons. The van der Waals surface area contributed by atoms with Gasteiger partial charge in [0.2, 0.25) is 5.91 Å². The molecule has 2 aliphatic rings. The third-order valence-electron chi connectivity index (χ3n) is 5.65. The summed E-state index contributed by atoms with van der Waals surface area (Å²) < 4.78 is 0.854. The van der Waals surface area contributed by atoms with Gasteiger partial charge in [0.25, 0.3) is 0 Å². The highest BCUT2D eigenvalue weighted by Crippen LogP contribution is 2.48. The van der Waals surface area contributed by atoms with Gasteiger partial charge in [-0.1, -0.05) is 38.1 Å². The van der Waals surface area contributed by atoms with Crippen molar-refractivity contribution in [2.45, 2.75) is 46.0 Å². The summed E-state index contributed by atoms with van der Waals surface area (Å²) in [4.78, 5) is 32.6. The lowest BCUT2D eigenvalue weighted by molar-refractivity contribution is -0.121. The lowest BCUT2D eigenvalue weighted by Gasteiger charge is -2.42. The van der Waals surface area contributed by atoms with Gasteiger partial charge in [0.05, 0.1) is 0 Å². The number of Topliss-reactive ketones (excluding diaryl/α,β-unsaturated/α-hetero) is 1. The van der Waals surface area contributed by atoms with Crippen molar-refractivity contribution in [3.63, 3.8) is 0 Å². The molecule has 0 saturated carbocycles. The number of halogens is 1. The summed E-state index contributed by atoms with van der Waals surface area (Å²) in [5.41, 5.74) is 3.61. The van der Waals surface area contributed by atoms with E-state index >= 15 is 0 Å². The number of pyridine rings is 1. The number of anilines is 1. The highest BCUT2D eigenvalue weighted by molar-refractivity contribution is 9.10. The molecule has 2 heterocycles. The molecule has 1 aliphatic carbocycles. The molecule has 4 rings (SSSR count). The van der Waals surface area contributed by atoms with Crippen LogP contribution in [-0.4, -0.2) is 16.7 Å². The van der Waals surface area contributed by atoms with E-state index in [0.29, 0.717) is 18.7 Å². The maximum absolute atomic E-state index is 13.3. The Balaban J connectivity index is 1.91. The van der Waals surface area contributed by atoms with Gasteiger partial charge in [0.15, 0.2) is 5.78 Å². The second kappa shape index (κ2) is 6.96. The van der Waals surface area contributed by atoms with Crippen LogP contribution < -0.4 is 4.90 Å². The minimum atomic E-state index is -0.183. The zero-order chi connectivity index (χ0) is 20.1. The number of carbonyl (C=O) groups excluding carboxylic acids is 2. The Hall–Kier alpha value is -2.27. The topological polar surface area (TPSA) is 50.3 Å². The van der Waals surface area contributed by atoms with Crippen molar-refractivity contribution in [2.75, 3.05) is 4.90 Å². The Bertz CT molecular complexity index is 992. The number of carbonyl (C=O) groups is 2. The van der Waals surface area contributed by atoms with E-state index in [9.17, 15) is 9.59 Å². The Labute approximate surface area is 173 Å². The first-order chi connectivity index (χ1) is 13.3. The van der Waals surface area contributed by atoms with Gasteiger partial charge in [-0.3, -0.25) is 14.5 Å². The van der Waals surface area contributed by atoms with Crippen LogP contribution in [0.1, 0.15) is 50.2 Å². The highest BCUT2D eigenvalue weighted by atomic mass is 79.9. The van der Waals surface area contributed by atoms with Crippen LogP contribution in [0.25, 0.3) is 0 Å². The average molecular weight is 439 g/mol. The SMILES string of the molecule is Cc1ccccc1C1CC(=O)N(c2ccc(Br)cn2)C2=C1C(=O)CC(C)(C)C2. The molecule has 0 fully saturated rings. The van der Waals surface area contributed by atoms with E-state index in [1.807, 2.05) is 43.3 Å². The number of amides is 1. The molecule has 4 nitrogen and oxygen atoms in total. The number of aromatic nitrogens is 1. The molecule has 1 aliphatic heterocycles. The van der Waals surface area contributed by atoms with Crippen LogP contribution in [0.5, 0.6) is 0 Å². The maximum atomic E-state index is 13.3. The second-order valence-corrected chi connectivity index (χ2v) is 9.39. The summed E-state index contributed by atoms with van der Waals surface area (Å²) in [6, 6.07) is 11.7. The number of allylic oxidation sites excluding steroid dienone is 2. The number of aryl methyl sites for hydroxylation is 1. The second-order valence-electron chi connectivity index (χ2n) is 8.48. The molecular weight excluding hydrogens is 416 g/mol. The number of hydrogen-bond donors (Lipinski definition) is 0. The summed E-state index contributed by atoms with van der Waals surface area (Å²) in [7, 11) is 0. The lowest BCUT2D eigenvalue weighted by atomic mass is 9.69. The molecule has 144 valence electrons. The van der Waals surface area contributed by atoms with Gasteiger partial charge >= 0.3 is 0 Å². The summed E-state index contributed by atoms with van der Waals surface area (Å²) >= 11 is 3.40. The number of ketones is 1. The molecule has 2 aromatic rings. The van der Waals surface area contributed by atoms with Crippen molar-refractivity contribution >= 4 is 33.4 Å². The van der Waals surface area contributed by atoms with E-state index in [-0.39, 0.29) is 29.4 Å². The molecule has 1 unspecified atom stereocenters. The normalized spacial score (nSPS) is 21.7. The fourth-order valence-corrected chi connectivity index (χ4v) is 4.66. The first kappa shape index (κ1) is 19.1. The Kier molecular flexibility index (Phi) is 4.74. The standard InChI is InChI=1S/C23H23BrN2O2/c1-14-6-4-5-7-16(14)17-10-21(28)26(20-9-8-15(24)13-25-20)18-11-23(2,3)12-19(27)22(17)18/h4-9,13,17H,10-12H2,1-3H3. The van der Waals surface area contributed by atoms with E-state index in [1.54, 1.807) is 11.1 Å². The highest BCUT2D eigenvalue weighted by Gasteiger charge is 2.44. The zero-order valence-electron chi connectivity index (χ0n) is 16.3. The van der Waals surface area contributed by atoms with E-state index in [0.717, 1.165) is 26.9 Å². The molecule has 1 atom stereocenters. The Morgan fingerprint density at radius 1 is 1.11 bits per heavy atom. The van der Waals surface area contributed by atoms with E-state index in [2.05, 4.69) is 34.8 Å². The monoisotopic (exact) mass is 438 g/mol. The Morgan fingerprint density at radius 2 is 1.86 bits per heavy atom. The van der Waals surface area contributed by atoms with Gasteiger partial charge in [0, 0.05) is 40.7 Å². The number of hydrogen-bond acceptors (Lipinski definition) is 3. The van der Waals surface area contributed by atoms with E-state index in [4.69, 9.17) is 0 Å². The Morgan fingerprint density at radius 3 is 2.54 bits per heavy atom. The number of rotatable bonds is 2. The summed E-state index contributed by atoms with van der Waals surface area (Å²) in [5.74, 6) is 0.537. The van der Waals surface area contributed by atoms with Crippen molar-refractivity contribution in [2.24, 2.45) is 5.41 Å². The lowest BCUT2D eigenvalue weighted by Crippen LogP contribution is -2.44. The predicted molar refractivity (Wildman–Crippen MR) is 113 cm³/mol. The molecule has 0 saturated heterocycles. The molecule has 0 bridgehead atoms. The molecule has 0 spiro atoms. The van der Waals surface area contributed by atoms with Gasteiger partial charge in [-0.25, -0.2) is 4.98 Å². The van der Waals surface area contributed by atoms with Crippen molar-refractivity contribution in [1.29, 1.82) is 0 Å². The zero-order valence-corrected chi connectivity index (χ0v) is 17.9. The first-order valence-electron chi connectivity index (χ1n) is 9.53. The van der Waals surface area contributed by atoms with Crippen LogP contribution in [0.4, 0.5) is 5.82 Å². The van der Waals surface area contributed by atoms with E-state index in [1.165, 1.54) is 0 Å². The van der Waals surface area contributed by atoms with Gasteiger partial charge < -0.3 is 0 Å². The molecule has 1 amide bonds. The van der Waals surface area contributed by atoms with Gasteiger partial charge in [-0.05, 0) is 57.9 Å². The van der Waals surface area contributed by atoms with Gasteiger partial charge in [0.1, 0.15) is 5.82 Å². The number of nitrogens with zero attached hydrogens (tertiary/aromatic N) is 2. The summed E-state index contributed by atoms with van der Waals surface area (Å²) in [5, 5.41) is 0. The van der Waals surface area contributed by atoms with Crippen LogP contribution >= 0.6 is 15.9 Å². The van der Waals surface area contributed by atoms with Crippen LogP contribution in [0, 0.1) is 12.3 Å². The van der Waals surface area contributed by atoms with Crippen LogP contribution in [-0.2, 0) is 9.59 Å². The maximum Gasteiger partial charge on any atom is 0.233 e. The molecule has 1 aromatic carbocycles. The quantitative estimate of drug-likeness (QED) is 0.637. The van der Waals surface area contributed by atoms with Crippen molar-refractivity contribution < 1.29 is 9.59 Å². The third-order valence-corrected chi connectivity index (χ3v) is 6.12. The van der Waals surface area contributed by atoms with Crippen molar-refractivity contribution in [3.05, 3.63) is 69.5 Å². The van der Waals surface area contributed by atoms with Crippen LogP contribution in [0.15, 0.2) is 58.3 Å². The molecule has 28 heavy (non-hydrogen) atoms. The van der Waals surface area contributed by atoms with Crippen molar-refractivity contribution in [1.82, 2.24) is 4.98 Å². The van der Waals surface area contributed by atoms with Gasteiger partial charge in [-0.2, -0.15) is 0 Å². The van der Waals surface area contributed by atoms with Crippen LogP contribution in [0.2, 0.25) is 0 Å². The predicted octanol–water partition coefficient (Wildman–Crippen LogP) is 5.32. The fourth-order valence-electron chi connectivity index (χ4n) is 4.42. The summed E-state index contributed by atoms with van der Waals surface area (Å²) in [6.07, 6.45) is 3.16. The molecule has 1 aromatic heterocycles. The van der Waals surface area contributed by atoms with E-state index < -0.39 is 0 Å². The fraction of sp³-hybridized carbons (Fsp3) is 0.348. The third kappa shape index (κ3) is 3.32. The minimum absolute atomic E-state index is 0.00711. The smallest absolute Gasteiger partial charge is 0.233 e. The molecular formula is C23H23BrN2O2. The van der Waals surface area contributed by atoms with Crippen molar-refractivity contribution in [3.8, 4) is 0 Å². The molecule has 5 heteroatoms. The number of benzene rings is 1.